The van der Waals surface area contributed by atoms with Crippen molar-refractivity contribution in [1.82, 2.24) is 31.5 Å². The average Bonchev–Trinajstić information content (AvgIpc) is 3.81. The van der Waals surface area contributed by atoms with Gasteiger partial charge < -0.3 is 43.0 Å². The Hall–Kier alpha value is -2.77. The third-order valence-corrected chi connectivity index (χ3v) is 6.81. The molecule has 0 bridgehead atoms. The third kappa shape index (κ3) is 14.8. The van der Waals surface area contributed by atoms with E-state index in [4.69, 9.17) is 11.5 Å². The minimum Gasteiger partial charge on any atom is -0.368 e. The van der Waals surface area contributed by atoms with Crippen molar-refractivity contribution in [2.75, 3.05) is 39.8 Å². The molecule has 0 spiro atoms. The number of carbonyl (C=O) groups excluding carboxylic acids is 5. The zero-order valence-electron chi connectivity index (χ0n) is 23.3. The van der Waals surface area contributed by atoms with E-state index in [9.17, 15) is 24.0 Å². The van der Waals surface area contributed by atoms with Crippen LogP contribution in [0.15, 0.2) is 0 Å². The second-order valence-corrected chi connectivity index (χ2v) is 10.6. The normalized spacial score (nSPS) is 16.2. The highest BCUT2D eigenvalue weighted by Crippen LogP contribution is 2.21. The summed E-state index contributed by atoms with van der Waals surface area (Å²) in [6.45, 7) is 0.817. The maximum Gasteiger partial charge on any atom is 0.239 e. The monoisotopic (exact) mass is 552 g/mol. The molecule has 2 saturated carbocycles. The number of nitrogens with zero attached hydrogens (tertiary/aromatic N) is 1. The second-order valence-electron chi connectivity index (χ2n) is 10.6. The van der Waals surface area contributed by atoms with Crippen LogP contribution in [0.25, 0.3) is 0 Å². The molecule has 2 unspecified atom stereocenters. The number of primary amides is 2. The van der Waals surface area contributed by atoms with Gasteiger partial charge in [-0.15, -0.1) is 0 Å². The molecule has 0 aliphatic heterocycles. The molecular formula is C26H48N8O5. The summed E-state index contributed by atoms with van der Waals surface area (Å²) in [4.78, 5) is 62.0. The van der Waals surface area contributed by atoms with Gasteiger partial charge >= 0.3 is 0 Å². The molecule has 39 heavy (non-hydrogen) atoms. The molecule has 0 heterocycles. The lowest BCUT2D eigenvalue weighted by molar-refractivity contribution is -0.139. The molecule has 13 nitrogen and oxygen atoms in total. The summed E-state index contributed by atoms with van der Waals surface area (Å²) in [6, 6.07) is 0.0653. The van der Waals surface area contributed by atoms with E-state index in [0.717, 1.165) is 38.5 Å². The number of nitrogens with one attached hydrogen (secondary N) is 5. The van der Waals surface area contributed by atoms with Gasteiger partial charge in [-0.25, -0.2) is 0 Å². The molecular weight excluding hydrogens is 504 g/mol. The fourth-order valence-corrected chi connectivity index (χ4v) is 4.17. The fourth-order valence-electron chi connectivity index (χ4n) is 4.17. The van der Waals surface area contributed by atoms with Crippen molar-refractivity contribution in [3.05, 3.63) is 0 Å². The number of nitrogens with two attached hydrogens (primary N) is 2. The number of hydrogen-bond donors (Lipinski definition) is 7. The van der Waals surface area contributed by atoms with E-state index in [-0.39, 0.29) is 61.1 Å². The van der Waals surface area contributed by atoms with Gasteiger partial charge in [-0.2, -0.15) is 0 Å². The summed E-state index contributed by atoms with van der Waals surface area (Å²) in [5, 5.41) is 14.9. The van der Waals surface area contributed by atoms with Crippen molar-refractivity contribution in [1.29, 1.82) is 0 Å². The van der Waals surface area contributed by atoms with Gasteiger partial charge in [0, 0.05) is 38.1 Å². The summed E-state index contributed by atoms with van der Waals surface area (Å²) in [5.74, 6) is -1.70. The zero-order valence-corrected chi connectivity index (χ0v) is 23.3. The Kier molecular flexibility index (Phi) is 14.8. The first kappa shape index (κ1) is 32.4. The Balaban J connectivity index is 1.66. The molecule has 2 aliphatic rings. The summed E-state index contributed by atoms with van der Waals surface area (Å²) in [5.41, 5.74) is 10.9. The van der Waals surface area contributed by atoms with Gasteiger partial charge in [0.15, 0.2) is 0 Å². The molecule has 0 saturated heterocycles. The standard InChI is InChI=1S/C26H48N8O5/c1-29-15-12-24(37)34(16-22(35)30-13-4-2-6-20(25(27)38)32-18-8-9-18)17-23(36)31-14-5-3-7-21(26(28)39)33-19-10-11-19/h18-21,29,32-33H,2-17H2,1H3,(H2,27,38)(H2,28,39)(H,30,35)(H,31,36). The number of carbonyl (C=O) groups is 5. The molecule has 0 aromatic rings. The van der Waals surface area contributed by atoms with Gasteiger partial charge in [0.05, 0.1) is 12.1 Å². The molecule has 0 aromatic carbocycles. The van der Waals surface area contributed by atoms with Crippen LogP contribution in [0.4, 0.5) is 0 Å². The van der Waals surface area contributed by atoms with Gasteiger partial charge in [-0.05, 0) is 71.3 Å². The first-order valence-electron chi connectivity index (χ1n) is 14.3. The van der Waals surface area contributed by atoms with Crippen LogP contribution in [0.5, 0.6) is 0 Å². The van der Waals surface area contributed by atoms with Crippen LogP contribution in [0.2, 0.25) is 0 Å². The lowest BCUT2D eigenvalue weighted by Gasteiger charge is -2.22. The second kappa shape index (κ2) is 17.7. The summed E-state index contributed by atoms with van der Waals surface area (Å²) >= 11 is 0. The maximum atomic E-state index is 12.6. The van der Waals surface area contributed by atoms with Crippen molar-refractivity contribution in [2.24, 2.45) is 11.5 Å². The van der Waals surface area contributed by atoms with E-state index in [1.54, 1.807) is 7.05 Å². The van der Waals surface area contributed by atoms with Crippen molar-refractivity contribution in [2.45, 2.75) is 94.8 Å². The van der Waals surface area contributed by atoms with Crippen molar-refractivity contribution < 1.29 is 24.0 Å². The Labute approximate surface area is 231 Å². The van der Waals surface area contributed by atoms with Crippen molar-refractivity contribution >= 4 is 29.5 Å². The van der Waals surface area contributed by atoms with Crippen LogP contribution in [-0.4, -0.2) is 98.4 Å². The number of unbranched alkanes of at least 4 members (excludes halogenated alkanes) is 2. The van der Waals surface area contributed by atoms with Gasteiger partial charge in [0.1, 0.15) is 13.1 Å². The lowest BCUT2D eigenvalue weighted by Crippen LogP contribution is -2.46. The first-order chi connectivity index (χ1) is 18.7. The van der Waals surface area contributed by atoms with Crippen LogP contribution in [0.1, 0.15) is 70.6 Å². The van der Waals surface area contributed by atoms with Crippen LogP contribution >= 0.6 is 0 Å². The van der Waals surface area contributed by atoms with Crippen LogP contribution in [0, 0.1) is 0 Å². The average molecular weight is 553 g/mol. The predicted octanol–water partition coefficient (Wildman–Crippen LogP) is -1.79. The minimum atomic E-state index is -0.361. The molecule has 2 atom stereocenters. The van der Waals surface area contributed by atoms with Gasteiger partial charge in [-0.3, -0.25) is 24.0 Å². The van der Waals surface area contributed by atoms with Gasteiger partial charge in [-0.1, -0.05) is 0 Å². The van der Waals surface area contributed by atoms with Gasteiger partial charge in [0.25, 0.3) is 0 Å². The number of rotatable bonds is 23. The van der Waals surface area contributed by atoms with Crippen LogP contribution in [-0.2, 0) is 24.0 Å². The van der Waals surface area contributed by atoms with E-state index >= 15 is 0 Å². The van der Waals surface area contributed by atoms with E-state index in [2.05, 4.69) is 26.6 Å². The van der Waals surface area contributed by atoms with E-state index in [1.165, 1.54) is 4.90 Å². The zero-order chi connectivity index (χ0) is 28.6. The lowest BCUT2D eigenvalue weighted by atomic mass is 10.1. The van der Waals surface area contributed by atoms with E-state index in [0.29, 0.717) is 57.4 Å². The Bertz CT molecular complexity index is 762. The smallest absolute Gasteiger partial charge is 0.239 e. The highest BCUT2D eigenvalue weighted by molar-refractivity contribution is 5.89. The Morgan fingerprint density at radius 3 is 1.51 bits per heavy atom. The number of hydrogen-bond acceptors (Lipinski definition) is 8. The highest BCUT2D eigenvalue weighted by Gasteiger charge is 2.28. The summed E-state index contributed by atoms with van der Waals surface area (Å²) in [7, 11) is 1.73. The van der Waals surface area contributed by atoms with Crippen molar-refractivity contribution in [3.8, 4) is 0 Å². The Morgan fingerprint density at radius 1 is 0.718 bits per heavy atom. The van der Waals surface area contributed by atoms with Gasteiger partial charge in [0.2, 0.25) is 29.5 Å². The molecule has 2 fully saturated rings. The molecule has 0 aromatic heterocycles. The van der Waals surface area contributed by atoms with Crippen molar-refractivity contribution in [3.63, 3.8) is 0 Å². The topological polar surface area (TPSA) is 201 Å². The fraction of sp³-hybridized carbons (Fsp3) is 0.808. The largest absolute Gasteiger partial charge is 0.368 e. The highest BCUT2D eigenvalue weighted by atomic mass is 16.2. The predicted molar refractivity (Wildman–Crippen MR) is 147 cm³/mol. The van der Waals surface area contributed by atoms with E-state index in [1.807, 2.05) is 0 Å². The molecule has 2 rings (SSSR count). The molecule has 5 amide bonds. The molecule has 0 radical (unpaired) electrons. The van der Waals surface area contributed by atoms with Crippen LogP contribution in [0.3, 0.4) is 0 Å². The molecule has 222 valence electrons. The molecule has 9 N–H and O–H groups in total. The number of amides is 5. The third-order valence-electron chi connectivity index (χ3n) is 6.81. The summed E-state index contributed by atoms with van der Waals surface area (Å²) in [6.07, 6.45) is 8.43. The Morgan fingerprint density at radius 2 is 1.15 bits per heavy atom. The van der Waals surface area contributed by atoms with Crippen LogP contribution < -0.4 is 38.1 Å². The minimum absolute atomic E-state index is 0.169. The summed E-state index contributed by atoms with van der Waals surface area (Å²) < 4.78 is 0. The maximum absolute atomic E-state index is 12.6. The van der Waals surface area contributed by atoms with E-state index < -0.39 is 0 Å². The molecule has 13 heteroatoms. The quantitative estimate of drug-likeness (QED) is 0.0720. The molecule has 2 aliphatic carbocycles. The SMILES string of the molecule is CNCCC(=O)N(CC(=O)NCCCCC(NC1CC1)C(N)=O)CC(=O)NCCCCC(NC1CC1)C(N)=O. The first-order valence-corrected chi connectivity index (χ1v) is 14.3.